The maximum Gasteiger partial charge on any atom is 0.140 e. The highest BCUT2D eigenvalue weighted by atomic mass is 16.5. The van der Waals surface area contributed by atoms with Crippen LogP contribution in [0.15, 0.2) is 18.2 Å². The number of Topliss-reactive ketones (excluding diaryl/α,β-unsaturated/α-hetero) is 1. The van der Waals surface area contributed by atoms with Crippen LogP contribution < -0.4 is 4.74 Å². The number of aromatic hydroxyl groups is 1. The number of carbonyl (C=O) groups is 1. The van der Waals surface area contributed by atoms with Gasteiger partial charge in [0.2, 0.25) is 0 Å². The third-order valence-corrected chi connectivity index (χ3v) is 5.37. The number of benzene rings is 1. The van der Waals surface area contributed by atoms with Crippen molar-refractivity contribution in [2.75, 3.05) is 7.11 Å². The fraction of sp³-hybridized carbons (Fsp3) is 0.650. The van der Waals surface area contributed by atoms with E-state index in [0.717, 1.165) is 12.8 Å². The largest absolute Gasteiger partial charge is 0.508 e. The molecule has 3 nitrogen and oxygen atoms in total. The Kier molecular flexibility index (Phi) is 5.38. The average molecular weight is 318 g/mol. The maximum atomic E-state index is 12.9. The quantitative estimate of drug-likeness (QED) is 0.862. The van der Waals surface area contributed by atoms with Crippen LogP contribution in [-0.4, -0.2) is 18.0 Å². The predicted octanol–water partition coefficient (Wildman–Crippen LogP) is 4.61. The van der Waals surface area contributed by atoms with Crippen LogP contribution >= 0.6 is 0 Å². The van der Waals surface area contributed by atoms with Crippen LogP contribution in [0, 0.1) is 23.2 Å². The van der Waals surface area contributed by atoms with Gasteiger partial charge in [-0.2, -0.15) is 0 Å². The molecule has 2 unspecified atom stereocenters. The molecule has 23 heavy (non-hydrogen) atoms. The number of carbonyl (C=O) groups excluding carboxylic acids is 1. The van der Waals surface area contributed by atoms with Gasteiger partial charge in [-0.1, -0.05) is 33.8 Å². The number of phenolic OH excluding ortho intramolecular Hbond substituents is 1. The summed E-state index contributed by atoms with van der Waals surface area (Å²) in [6, 6.07) is 5.17. The van der Waals surface area contributed by atoms with Gasteiger partial charge in [-0.3, -0.25) is 4.79 Å². The van der Waals surface area contributed by atoms with E-state index in [9.17, 15) is 9.90 Å². The van der Waals surface area contributed by atoms with E-state index in [1.807, 2.05) is 0 Å². The van der Waals surface area contributed by atoms with Gasteiger partial charge in [0.15, 0.2) is 0 Å². The molecular weight excluding hydrogens is 288 g/mol. The van der Waals surface area contributed by atoms with Gasteiger partial charge in [-0.05, 0) is 42.6 Å². The van der Waals surface area contributed by atoms with Crippen molar-refractivity contribution in [2.45, 2.75) is 53.4 Å². The summed E-state index contributed by atoms with van der Waals surface area (Å²) in [7, 11) is 1.57. The highest BCUT2D eigenvalue weighted by Gasteiger charge is 2.39. The topological polar surface area (TPSA) is 46.5 Å². The normalized spacial score (nSPS) is 23.7. The molecule has 1 saturated carbocycles. The Morgan fingerprint density at radius 2 is 2.09 bits per heavy atom. The van der Waals surface area contributed by atoms with Gasteiger partial charge in [-0.25, -0.2) is 0 Å². The van der Waals surface area contributed by atoms with Crippen LogP contribution in [0.3, 0.4) is 0 Å². The zero-order valence-electron chi connectivity index (χ0n) is 15.1. The number of ketones is 1. The summed E-state index contributed by atoms with van der Waals surface area (Å²) < 4.78 is 5.10. The van der Waals surface area contributed by atoms with Gasteiger partial charge in [0.25, 0.3) is 0 Å². The van der Waals surface area contributed by atoms with E-state index in [1.54, 1.807) is 25.3 Å². The Bertz CT molecular complexity index is 560. The number of phenols is 1. The van der Waals surface area contributed by atoms with E-state index >= 15 is 0 Å². The van der Waals surface area contributed by atoms with E-state index < -0.39 is 0 Å². The summed E-state index contributed by atoms with van der Waals surface area (Å²) in [5.41, 5.74) is 0.926. The van der Waals surface area contributed by atoms with Gasteiger partial charge in [0.05, 0.1) is 7.11 Å². The molecule has 1 aromatic rings. The number of ether oxygens (including phenoxy) is 1. The Labute approximate surface area is 140 Å². The molecule has 1 aliphatic carbocycles. The van der Waals surface area contributed by atoms with Crippen LogP contribution in [0.5, 0.6) is 11.5 Å². The van der Waals surface area contributed by atoms with Crippen molar-refractivity contribution in [1.29, 1.82) is 0 Å². The van der Waals surface area contributed by atoms with Crippen LogP contribution in [0.1, 0.15) is 52.5 Å². The molecule has 0 radical (unpaired) electrons. The highest BCUT2D eigenvalue weighted by Crippen LogP contribution is 2.45. The number of hydrogen-bond acceptors (Lipinski definition) is 3. The molecular formula is C20H30O3. The Hall–Kier alpha value is -1.51. The van der Waals surface area contributed by atoms with Crippen LogP contribution in [0.25, 0.3) is 0 Å². The number of methoxy groups -OCH3 is 1. The second-order valence-corrected chi connectivity index (χ2v) is 8.06. The fourth-order valence-electron chi connectivity index (χ4n) is 3.90. The van der Waals surface area contributed by atoms with Crippen molar-refractivity contribution >= 4 is 5.78 Å². The molecule has 2 rings (SSSR count). The summed E-state index contributed by atoms with van der Waals surface area (Å²) in [6.45, 7) is 8.95. The molecule has 0 amide bonds. The molecule has 3 heteroatoms. The summed E-state index contributed by atoms with van der Waals surface area (Å²) in [4.78, 5) is 12.9. The Morgan fingerprint density at radius 3 is 2.65 bits per heavy atom. The highest BCUT2D eigenvalue weighted by molar-refractivity contribution is 5.84. The summed E-state index contributed by atoms with van der Waals surface area (Å²) in [5, 5.41) is 10.1. The Morgan fingerprint density at radius 1 is 1.39 bits per heavy atom. The molecule has 1 fully saturated rings. The van der Waals surface area contributed by atoms with Gasteiger partial charge in [-0.15, -0.1) is 0 Å². The lowest BCUT2D eigenvalue weighted by atomic mass is 9.62. The van der Waals surface area contributed by atoms with Gasteiger partial charge >= 0.3 is 0 Å². The molecule has 0 aliphatic heterocycles. The standard InChI is InChI=1S/C20H30O3/c1-13(2)16-8-9-20(3,4)12-17(16)19(22)10-14-6-7-15(23-5)11-18(14)21/h6-7,11,13,16-17,21H,8-10,12H2,1-5H3. The molecule has 0 bridgehead atoms. The smallest absolute Gasteiger partial charge is 0.140 e. The summed E-state index contributed by atoms with van der Waals surface area (Å²) in [5.74, 6) is 2.09. The van der Waals surface area contributed by atoms with E-state index in [2.05, 4.69) is 27.7 Å². The van der Waals surface area contributed by atoms with Gasteiger partial charge in [0.1, 0.15) is 17.3 Å². The van der Waals surface area contributed by atoms with Crippen LogP contribution in [-0.2, 0) is 11.2 Å². The second kappa shape index (κ2) is 6.94. The number of hydrogen-bond donors (Lipinski definition) is 1. The van der Waals surface area contributed by atoms with Crippen molar-refractivity contribution in [1.82, 2.24) is 0 Å². The third kappa shape index (κ3) is 4.27. The first-order chi connectivity index (χ1) is 10.7. The van der Waals surface area contributed by atoms with E-state index in [0.29, 0.717) is 29.6 Å². The maximum absolute atomic E-state index is 12.9. The number of rotatable bonds is 5. The second-order valence-electron chi connectivity index (χ2n) is 8.06. The first-order valence-electron chi connectivity index (χ1n) is 8.62. The van der Waals surface area contributed by atoms with E-state index in [1.165, 1.54) is 6.42 Å². The molecule has 0 saturated heterocycles. The monoisotopic (exact) mass is 318 g/mol. The van der Waals surface area contributed by atoms with Crippen LogP contribution in [0.2, 0.25) is 0 Å². The van der Waals surface area contributed by atoms with Crippen LogP contribution in [0.4, 0.5) is 0 Å². The first-order valence-corrected chi connectivity index (χ1v) is 8.62. The fourth-order valence-corrected chi connectivity index (χ4v) is 3.90. The average Bonchev–Trinajstić information content (AvgIpc) is 2.47. The SMILES string of the molecule is COc1ccc(CC(=O)C2CC(C)(C)CCC2C(C)C)c(O)c1. The Balaban J connectivity index is 2.16. The lowest BCUT2D eigenvalue weighted by Gasteiger charge is -2.42. The summed E-state index contributed by atoms with van der Waals surface area (Å²) in [6.07, 6.45) is 3.56. The predicted molar refractivity (Wildman–Crippen MR) is 92.8 cm³/mol. The molecule has 0 aromatic heterocycles. The lowest BCUT2D eigenvalue weighted by molar-refractivity contribution is -0.127. The minimum atomic E-state index is 0.0975. The van der Waals surface area contributed by atoms with Gasteiger partial charge < -0.3 is 9.84 Å². The minimum absolute atomic E-state index is 0.0975. The van der Waals surface area contributed by atoms with Crippen molar-refractivity contribution in [3.8, 4) is 11.5 Å². The van der Waals surface area contributed by atoms with E-state index in [4.69, 9.17) is 4.74 Å². The molecule has 0 heterocycles. The minimum Gasteiger partial charge on any atom is -0.508 e. The molecule has 1 aliphatic rings. The van der Waals surface area contributed by atoms with E-state index in [-0.39, 0.29) is 22.9 Å². The van der Waals surface area contributed by atoms with Crippen molar-refractivity contribution in [2.24, 2.45) is 23.2 Å². The van der Waals surface area contributed by atoms with Gasteiger partial charge in [0, 0.05) is 24.0 Å². The summed E-state index contributed by atoms with van der Waals surface area (Å²) >= 11 is 0. The first kappa shape index (κ1) is 17.8. The third-order valence-electron chi connectivity index (χ3n) is 5.37. The molecule has 2 atom stereocenters. The molecule has 0 spiro atoms. The lowest BCUT2D eigenvalue weighted by Crippen LogP contribution is -2.37. The molecule has 128 valence electrons. The molecule has 1 N–H and O–H groups in total. The van der Waals surface area contributed by atoms with Crippen molar-refractivity contribution in [3.05, 3.63) is 23.8 Å². The zero-order valence-corrected chi connectivity index (χ0v) is 15.1. The molecule has 1 aromatic carbocycles. The zero-order chi connectivity index (χ0) is 17.2. The van der Waals surface area contributed by atoms with Crippen molar-refractivity contribution in [3.63, 3.8) is 0 Å². The van der Waals surface area contributed by atoms with Crippen molar-refractivity contribution < 1.29 is 14.6 Å².